The maximum atomic E-state index is 13.4. The first-order chi connectivity index (χ1) is 15.0. The zero-order chi connectivity index (χ0) is 21.7. The second-order valence-corrected chi connectivity index (χ2v) is 7.77. The first kappa shape index (κ1) is 19.5. The van der Waals surface area contributed by atoms with Gasteiger partial charge in [0, 0.05) is 24.2 Å². The van der Waals surface area contributed by atoms with Crippen molar-refractivity contribution in [2.45, 2.75) is 20.0 Å². The van der Waals surface area contributed by atoms with Gasteiger partial charge in [-0.2, -0.15) is 0 Å². The van der Waals surface area contributed by atoms with E-state index in [4.69, 9.17) is 9.73 Å². The summed E-state index contributed by atoms with van der Waals surface area (Å²) in [6.07, 6.45) is -0.753. The van der Waals surface area contributed by atoms with E-state index < -0.39 is 6.10 Å². The number of amides is 2. The predicted molar refractivity (Wildman–Crippen MR) is 117 cm³/mol. The van der Waals surface area contributed by atoms with Crippen molar-refractivity contribution in [2.24, 2.45) is 4.99 Å². The second-order valence-electron chi connectivity index (χ2n) is 7.77. The van der Waals surface area contributed by atoms with E-state index in [2.05, 4.69) is 18.7 Å². The summed E-state index contributed by atoms with van der Waals surface area (Å²) >= 11 is 0. The van der Waals surface area contributed by atoms with Crippen LogP contribution < -0.4 is 4.74 Å². The number of likely N-dealkylation sites (N-methyl/N-ethyl adjacent to an activating group) is 1. The highest BCUT2D eigenvalue weighted by Gasteiger charge is 2.49. The Labute approximate surface area is 180 Å². The number of hydrogen-bond donors (Lipinski definition) is 1. The van der Waals surface area contributed by atoms with Crippen molar-refractivity contribution in [2.75, 3.05) is 26.2 Å². The van der Waals surface area contributed by atoms with E-state index in [0.29, 0.717) is 52.5 Å². The Morgan fingerprint density at radius 1 is 1.06 bits per heavy atom. The van der Waals surface area contributed by atoms with Crippen LogP contribution in [-0.2, 0) is 9.59 Å². The zero-order valence-corrected chi connectivity index (χ0v) is 17.5. The normalized spacial score (nSPS) is 19.0. The summed E-state index contributed by atoms with van der Waals surface area (Å²) in [5.41, 5.74) is 3.08. The van der Waals surface area contributed by atoms with E-state index in [9.17, 15) is 14.7 Å². The monoisotopic (exact) mass is 417 g/mol. The van der Waals surface area contributed by atoms with Crippen LogP contribution in [0.25, 0.3) is 5.57 Å². The molecule has 3 aliphatic rings. The molecule has 1 unspecified atom stereocenters. The molecule has 31 heavy (non-hydrogen) atoms. The summed E-state index contributed by atoms with van der Waals surface area (Å²) < 4.78 is 6.21. The molecule has 0 aromatic heterocycles. The number of para-hydroxylation sites is 2. The molecule has 0 saturated carbocycles. The zero-order valence-electron chi connectivity index (χ0n) is 17.5. The van der Waals surface area contributed by atoms with Gasteiger partial charge in [0.1, 0.15) is 17.2 Å². The molecule has 1 aliphatic carbocycles. The van der Waals surface area contributed by atoms with E-state index in [0.717, 1.165) is 13.1 Å². The molecular weight excluding hydrogens is 394 g/mol. The summed E-state index contributed by atoms with van der Waals surface area (Å²) in [7, 11) is 0. The lowest BCUT2D eigenvalue weighted by atomic mass is 9.82. The molecular formula is C24H23N3O4. The van der Waals surface area contributed by atoms with Gasteiger partial charge in [-0.3, -0.25) is 14.5 Å². The molecule has 0 saturated heterocycles. The van der Waals surface area contributed by atoms with Gasteiger partial charge in [-0.1, -0.05) is 26.0 Å². The predicted octanol–water partition coefficient (Wildman–Crippen LogP) is 2.75. The van der Waals surface area contributed by atoms with Crippen LogP contribution in [0, 0.1) is 0 Å². The molecule has 2 aromatic carbocycles. The molecule has 1 atom stereocenters. The Hall–Kier alpha value is -3.45. The van der Waals surface area contributed by atoms with Gasteiger partial charge in [0.15, 0.2) is 6.10 Å². The van der Waals surface area contributed by atoms with E-state index in [-0.39, 0.29) is 17.6 Å². The Kier molecular flexibility index (Phi) is 4.63. The lowest BCUT2D eigenvalue weighted by Crippen LogP contribution is -2.41. The number of imide groups is 1. The SMILES string of the molecule is CCN(CC)CCN1C(=O)C2=C(C1=O)C1Oc3ccccc3N=C1c1ccc(O)cc12. The number of aromatic hydroxyl groups is 1. The Morgan fingerprint density at radius 2 is 1.84 bits per heavy atom. The van der Waals surface area contributed by atoms with Gasteiger partial charge in [0.05, 0.1) is 16.9 Å². The van der Waals surface area contributed by atoms with Crippen molar-refractivity contribution < 1.29 is 19.4 Å². The number of benzene rings is 2. The van der Waals surface area contributed by atoms with Crippen molar-refractivity contribution in [3.63, 3.8) is 0 Å². The molecule has 2 aromatic rings. The molecule has 2 aliphatic heterocycles. The highest BCUT2D eigenvalue weighted by molar-refractivity contribution is 6.41. The van der Waals surface area contributed by atoms with E-state index >= 15 is 0 Å². The summed E-state index contributed by atoms with van der Waals surface area (Å²) in [5, 5.41) is 10.1. The van der Waals surface area contributed by atoms with Gasteiger partial charge in [0.25, 0.3) is 11.8 Å². The quantitative estimate of drug-likeness (QED) is 0.757. The van der Waals surface area contributed by atoms with Gasteiger partial charge in [-0.25, -0.2) is 4.99 Å². The van der Waals surface area contributed by atoms with Crippen molar-refractivity contribution in [3.8, 4) is 11.5 Å². The van der Waals surface area contributed by atoms with E-state index in [1.54, 1.807) is 12.1 Å². The molecule has 5 rings (SSSR count). The number of phenolic OH excluding ortho intramolecular Hbond substituents is 1. The fourth-order valence-corrected chi connectivity index (χ4v) is 4.46. The van der Waals surface area contributed by atoms with Crippen molar-refractivity contribution in [3.05, 3.63) is 59.2 Å². The van der Waals surface area contributed by atoms with Crippen LogP contribution in [0.5, 0.6) is 11.5 Å². The van der Waals surface area contributed by atoms with Crippen LogP contribution in [0.4, 0.5) is 5.69 Å². The van der Waals surface area contributed by atoms with Crippen LogP contribution in [0.3, 0.4) is 0 Å². The molecule has 7 nitrogen and oxygen atoms in total. The maximum absolute atomic E-state index is 13.4. The van der Waals surface area contributed by atoms with Crippen LogP contribution >= 0.6 is 0 Å². The number of carbonyl (C=O) groups excluding carboxylic acids is 2. The topological polar surface area (TPSA) is 82.4 Å². The highest BCUT2D eigenvalue weighted by atomic mass is 16.5. The summed E-state index contributed by atoms with van der Waals surface area (Å²) in [6.45, 7) is 6.69. The Morgan fingerprint density at radius 3 is 2.61 bits per heavy atom. The van der Waals surface area contributed by atoms with Gasteiger partial charge in [0.2, 0.25) is 0 Å². The Balaban J connectivity index is 1.62. The smallest absolute Gasteiger partial charge is 0.262 e. The molecule has 158 valence electrons. The maximum Gasteiger partial charge on any atom is 0.262 e. The average Bonchev–Trinajstić information content (AvgIpc) is 3.03. The molecule has 0 fully saturated rings. The fourth-order valence-electron chi connectivity index (χ4n) is 4.46. The van der Waals surface area contributed by atoms with Gasteiger partial charge in [-0.05, 0) is 43.4 Å². The summed E-state index contributed by atoms with van der Waals surface area (Å²) in [5.74, 6) is -0.0884. The number of fused-ring (bicyclic) bond motifs is 6. The van der Waals surface area contributed by atoms with Crippen molar-refractivity contribution in [1.82, 2.24) is 9.80 Å². The number of phenols is 1. The molecule has 7 heteroatoms. The first-order valence-electron chi connectivity index (χ1n) is 10.5. The average molecular weight is 417 g/mol. The Bertz CT molecular complexity index is 1160. The van der Waals surface area contributed by atoms with Gasteiger partial charge in [-0.15, -0.1) is 0 Å². The first-order valence-corrected chi connectivity index (χ1v) is 10.5. The molecule has 0 bridgehead atoms. The molecule has 0 radical (unpaired) electrons. The summed E-state index contributed by atoms with van der Waals surface area (Å²) in [6, 6.07) is 12.2. The number of nitrogens with zero attached hydrogens (tertiary/aromatic N) is 3. The number of rotatable bonds is 5. The molecule has 1 N–H and O–H groups in total. The number of aliphatic imine (C=N–C) groups is 1. The van der Waals surface area contributed by atoms with Crippen LogP contribution in [0.2, 0.25) is 0 Å². The lowest BCUT2D eigenvalue weighted by Gasteiger charge is -2.31. The minimum Gasteiger partial charge on any atom is -0.508 e. The minimum absolute atomic E-state index is 0.0311. The third kappa shape index (κ3) is 2.96. The third-order valence-corrected chi connectivity index (χ3v) is 6.15. The van der Waals surface area contributed by atoms with Crippen molar-refractivity contribution >= 4 is 28.8 Å². The van der Waals surface area contributed by atoms with E-state index in [1.807, 2.05) is 24.3 Å². The number of hydrogen-bond acceptors (Lipinski definition) is 6. The largest absolute Gasteiger partial charge is 0.508 e. The number of ether oxygens (including phenoxy) is 1. The van der Waals surface area contributed by atoms with Crippen LogP contribution in [0.15, 0.2) is 53.0 Å². The van der Waals surface area contributed by atoms with Crippen molar-refractivity contribution in [1.29, 1.82) is 0 Å². The minimum atomic E-state index is -0.753. The molecule has 2 amide bonds. The van der Waals surface area contributed by atoms with Crippen LogP contribution in [0.1, 0.15) is 25.0 Å². The lowest BCUT2D eigenvalue weighted by molar-refractivity contribution is -0.137. The molecule has 2 heterocycles. The second kappa shape index (κ2) is 7.35. The fraction of sp³-hybridized carbons (Fsp3) is 0.292. The third-order valence-electron chi connectivity index (χ3n) is 6.15. The van der Waals surface area contributed by atoms with Crippen LogP contribution in [-0.4, -0.2) is 64.7 Å². The molecule has 0 spiro atoms. The van der Waals surface area contributed by atoms with Gasteiger partial charge < -0.3 is 14.7 Å². The van der Waals surface area contributed by atoms with E-state index in [1.165, 1.54) is 11.0 Å². The standard InChI is InChI=1S/C24H23N3O4/c1-3-26(4-2)11-12-27-23(29)19-16-13-14(28)9-10-15(16)21-22(20(19)24(27)30)31-18-8-6-5-7-17(18)25-21/h5-10,13,22,28H,3-4,11-12H2,1-2H3. The highest BCUT2D eigenvalue weighted by Crippen LogP contribution is 2.45. The number of carbonyl (C=O) groups is 2. The summed E-state index contributed by atoms with van der Waals surface area (Å²) in [4.78, 5) is 35.0. The van der Waals surface area contributed by atoms with Gasteiger partial charge >= 0.3 is 0 Å².